The third-order valence-electron chi connectivity index (χ3n) is 6.17. The predicted molar refractivity (Wildman–Crippen MR) is 136 cm³/mol. The summed E-state index contributed by atoms with van der Waals surface area (Å²) in [6.07, 6.45) is 1.91. The molecule has 0 amide bonds. The van der Waals surface area contributed by atoms with Crippen LogP contribution in [0.2, 0.25) is 0 Å². The van der Waals surface area contributed by atoms with Crippen molar-refractivity contribution in [3.05, 3.63) is 96.3 Å². The van der Waals surface area contributed by atoms with Crippen molar-refractivity contribution in [1.82, 2.24) is 9.55 Å². The minimum atomic E-state index is -0.651. The van der Waals surface area contributed by atoms with Gasteiger partial charge >= 0.3 is 5.97 Å². The van der Waals surface area contributed by atoms with Crippen molar-refractivity contribution in [2.75, 3.05) is 13.7 Å². The van der Waals surface area contributed by atoms with Gasteiger partial charge in [-0.15, -0.1) is 0 Å². The van der Waals surface area contributed by atoms with Crippen LogP contribution >= 0.6 is 11.3 Å². The number of aryl methyl sites for hydroxylation is 1. The number of fused-ring (bicyclic) bond motifs is 2. The zero-order chi connectivity index (χ0) is 24.7. The van der Waals surface area contributed by atoms with Crippen LogP contribution in [0.4, 0.5) is 0 Å². The molecule has 0 spiro atoms. The molecule has 0 bridgehead atoms. The summed E-state index contributed by atoms with van der Waals surface area (Å²) in [5.41, 5.74) is 4.44. The predicted octanol–water partition coefficient (Wildman–Crippen LogP) is 3.60. The Bertz CT molecular complexity index is 1660. The summed E-state index contributed by atoms with van der Waals surface area (Å²) in [7, 11) is 1.60. The van der Waals surface area contributed by atoms with Gasteiger partial charge in [-0.1, -0.05) is 41.7 Å². The van der Waals surface area contributed by atoms with E-state index < -0.39 is 12.0 Å². The molecule has 1 atom stereocenters. The molecule has 35 heavy (non-hydrogen) atoms. The maximum absolute atomic E-state index is 13.8. The summed E-state index contributed by atoms with van der Waals surface area (Å²) in [6, 6.07) is 14.7. The molecule has 1 N–H and O–H groups in total. The van der Waals surface area contributed by atoms with Gasteiger partial charge in [-0.25, -0.2) is 9.79 Å². The van der Waals surface area contributed by atoms with E-state index in [-0.39, 0.29) is 12.2 Å². The molecular weight excluding hydrogens is 462 g/mol. The molecule has 1 aliphatic heterocycles. The van der Waals surface area contributed by atoms with Crippen LogP contribution in [0, 0.1) is 6.92 Å². The molecule has 5 rings (SSSR count). The molecule has 0 fully saturated rings. The number of benzene rings is 2. The maximum Gasteiger partial charge on any atom is 0.338 e. The normalized spacial score (nSPS) is 15.8. The Hall–Kier alpha value is -3.91. The number of thiazole rings is 1. The number of H-pyrrole nitrogens is 1. The Labute approximate surface area is 205 Å². The van der Waals surface area contributed by atoms with Crippen LogP contribution in [0.5, 0.6) is 5.75 Å². The Morgan fingerprint density at radius 1 is 1.17 bits per heavy atom. The molecule has 8 heteroatoms. The molecule has 0 saturated carbocycles. The first-order valence-corrected chi connectivity index (χ1v) is 12.2. The lowest BCUT2D eigenvalue weighted by atomic mass is 9.96. The van der Waals surface area contributed by atoms with Gasteiger partial charge in [0, 0.05) is 22.2 Å². The molecule has 0 saturated heterocycles. The smallest absolute Gasteiger partial charge is 0.338 e. The number of carbonyl (C=O) groups excluding carboxylic acids is 1. The monoisotopic (exact) mass is 487 g/mol. The molecule has 0 aliphatic carbocycles. The molecule has 2 aromatic heterocycles. The third-order valence-corrected chi connectivity index (χ3v) is 7.15. The number of aromatic amines is 1. The van der Waals surface area contributed by atoms with Gasteiger partial charge in [0.1, 0.15) is 5.75 Å². The lowest BCUT2D eigenvalue weighted by Crippen LogP contribution is -2.39. The molecule has 7 nitrogen and oxygen atoms in total. The summed E-state index contributed by atoms with van der Waals surface area (Å²) in [5, 5.41) is 1.05. The molecule has 2 aromatic carbocycles. The number of aromatic nitrogens is 2. The van der Waals surface area contributed by atoms with Crippen molar-refractivity contribution in [2.45, 2.75) is 26.8 Å². The average Bonchev–Trinajstić information content (AvgIpc) is 3.34. The van der Waals surface area contributed by atoms with Crippen LogP contribution in [0.15, 0.2) is 69.6 Å². The topological polar surface area (TPSA) is 85.7 Å². The molecule has 4 aromatic rings. The van der Waals surface area contributed by atoms with Crippen LogP contribution in [0.3, 0.4) is 0 Å². The fourth-order valence-corrected chi connectivity index (χ4v) is 5.54. The molecule has 0 unspecified atom stereocenters. The maximum atomic E-state index is 13.8. The van der Waals surface area contributed by atoms with Gasteiger partial charge in [0.05, 0.1) is 35.6 Å². The lowest BCUT2D eigenvalue weighted by Gasteiger charge is -2.24. The number of nitrogens with zero attached hydrogens (tertiary/aromatic N) is 2. The van der Waals surface area contributed by atoms with Crippen LogP contribution in [-0.4, -0.2) is 29.2 Å². The third kappa shape index (κ3) is 3.89. The summed E-state index contributed by atoms with van der Waals surface area (Å²) < 4.78 is 12.8. The van der Waals surface area contributed by atoms with E-state index in [0.29, 0.717) is 26.4 Å². The zero-order valence-corrected chi connectivity index (χ0v) is 20.7. The number of para-hydroxylation sites is 1. The van der Waals surface area contributed by atoms with E-state index in [9.17, 15) is 9.59 Å². The minimum Gasteiger partial charge on any atom is -0.497 e. The summed E-state index contributed by atoms with van der Waals surface area (Å²) in [5.74, 6) is 0.214. The Morgan fingerprint density at radius 2 is 1.91 bits per heavy atom. The highest BCUT2D eigenvalue weighted by atomic mass is 32.1. The zero-order valence-electron chi connectivity index (χ0n) is 19.9. The van der Waals surface area contributed by atoms with E-state index >= 15 is 0 Å². The second-order valence-corrected chi connectivity index (χ2v) is 9.29. The fourth-order valence-electron chi connectivity index (χ4n) is 4.51. The van der Waals surface area contributed by atoms with E-state index in [1.165, 1.54) is 11.3 Å². The average molecular weight is 488 g/mol. The number of rotatable bonds is 5. The Kier molecular flexibility index (Phi) is 5.90. The second-order valence-electron chi connectivity index (χ2n) is 8.28. The highest BCUT2D eigenvalue weighted by Crippen LogP contribution is 2.31. The van der Waals surface area contributed by atoms with Crippen molar-refractivity contribution in [3.63, 3.8) is 0 Å². The number of hydrogen-bond donors (Lipinski definition) is 1. The quantitative estimate of drug-likeness (QED) is 0.436. The standard InChI is InChI=1S/C27H25N3O4S/c1-5-34-26(32)23-16(3)29-27-30(24(23)17-10-12-18(33-4)13-11-17)25(31)22(35-27)14-20-15(2)28-21-9-7-6-8-19(20)21/h6-14,24,28H,5H2,1-4H3/b22-14-/t24-/m1/s1. The van der Waals surface area contributed by atoms with Gasteiger partial charge in [-0.2, -0.15) is 0 Å². The largest absolute Gasteiger partial charge is 0.497 e. The number of methoxy groups -OCH3 is 1. The fraction of sp³-hybridized carbons (Fsp3) is 0.222. The highest BCUT2D eigenvalue weighted by molar-refractivity contribution is 7.07. The van der Waals surface area contributed by atoms with Gasteiger partial charge in [0.15, 0.2) is 4.80 Å². The molecule has 178 valence electrons. The minimum absolute atomic E-state index is 0.200. The van der Waals surface area contributed by atoms with E-state index in [1.807, 2.05) is 61.5 Å². The van der Waals surface area contributed by atoms with Crippen LogP contribution < -0.4 is 19.6 Å². The van der Waals surface area contributed by atoms with Crippen LogP contribution in [0.1, 0.15) is 36.7 Å². The van der Waals surface area contributed by atoms with E-state index in [1.54, 1.807) is 25.5 Å². The van der Waals surface area contributed by atoms with Gasteiger partial charge in [-0.05, 0) is 50.6 Å². The Morgan fingerprint density at radius 3 is 2.63 bits per heavy atom. The number of hydrogen-bond acceptors (Lipinski definition) is 6. The molecular formula is C27H25N3O4S. The van der Waals surface area contributed by atoms with Crippen molar-refractivity contribution in [1.29, 1.82) is 0 Å². The van der Waals surface area contributed by atoms with Gasteiger partial charge in [0.2, 0.25) is 0 Å². The summed E-state index contributed by atoms with van der Waals surface area (Å²) >= 11 is 1.32. The first kappa shape index (κ1) is 22.9. The first-order valence-electron chi connectivity index (χ1n) is 11.3. The van der Waals surface area contributed by atoms with Gasteiger partial charge < -0.3 is 14.5 Å². The van der Waals surface area contributed by atoms with E-state index in [4.69, 9.17) is 9.47 Å². The van der Waals surface area contributed by atoms with Crippen molar-refractivity contribution in [2.24, 2.45) is 4.99 Å². The van der Waals surface area contributed by atoms with E-state index in [0.717, 1.165) is 27.7 Å². The Balaban J connectivity index is 1.75. The first-order chi connectivity index (χ1) is 16.9. The van der Waals surface area contributed by atoms with Gasteiger partial charge in [0.25, 0.3) is 5.56 Å². The summed E-state index contributed by atoms with van der Waals surface area (Å²) in [4.78, 5) is 35.4. The highest BCUT2D eigenvalue weighted by Gasteiger charge is 2.33. The molecule has 0 radical (unpaired) electrons. The number of nitrogens with one attached hydrogen (secondary N) is 1. The number of allylic oxidation sites excluding steroid dienone is 1. The van der Waals surface area contributed by atoms with Crippen LogP contribution in [0.25, 0.3) is 17.0 Å². The van der Waals surface area contributed by atoms with Crippen molar-refractivity contribution >= 4 is 34.3 Å². The van der Waals surface area contributed by atoms with Crippen LogP contribution in [-0.2, 0) is 9.53 Å². The molecule has 3 heterocycles. The van der Waals surface area contributed by atoms with Gasteiger partial charge in [-0.3, -0.25) is 9.36 Å². The SMILES string of the molecule is CCOC(=O)C1=C(C)N=c2s/c(=C\c3c(C)[nH]c4ccccc34)c(=O)n2[C@@H]1c1ccc(OC)cc1. The lowest BCUT2D eigenvalue weighted by molar-refractivity contribution is -0.139. The number of esters is 1. The number of carbonyl (C=O) groups is 1. The number of ether oxygens (including phenoxy) is 2. The van der Waals surface area contributed by atoms with Crippen molar-refractivity contribution < 1.29 is 14.3 Å². The molecule has 1 aliphatic rings. The summed E-state index contributed by atoms with van der Waals surface area (Å²) in [6.45, 7) is 5.76. The van der Waals surface area contributed by atoms with E-state index in [2.05, 4.69) is 9.98 Å². The van der Waals surface area contributed by atoms with Crippen molar-refractivity contribution in [3.8, 4) is 5.75 Å². The second kappa shape index (κ2) is 9.03.